The fourth-order valence-corrected chi connectivity index (χ4v) is 1.84. The summed E-state index contributed by atoms with van der Waals surface area (Å²) in [6.07, 6.45) is 0. The van der Waals surface area contributed by atoms with Crippen molar-refractivity contribution in [1.82, 2.24) is 5.32 Å². The van der Waals surface area contributed by atoms with Crippen LogP contribution >= 0.6 is 11.6 Å². The highest BCUT2D eigenvalue weighted by Crippen LogP contribution is 2.17. The van der Waals surface area contributed by atoms with Crippen LogP contribution in [0.4, 0.5) is 0 Å². The van der Waals surface area contributed by atoms with Gasteiger partial charge in [-0.3, -0.25) is 0 Å². The van der Waals surface area contributed by atoms with E-state index >= 15 is 0 Å². The highest BCUT2D eigenvalue weighted by atomic mass is 35.5. The van der Waals surface area contributed by atoms with Crippen molar-refractivity contribution in [1.29, 1.82) is 0 Å². The fraction of sp³-hybridized carbons (Fsp3) is 0.286. The number of furan rings is 1. The monoisotopic (exact) mass is 265 g/mol. The summed E-state index contributed by atoms with van der Waals surface area (Å²) < 4.78 is 11.2. The van der Waals surface area contributed by atoms with Gasteiger partial charge in [-0.2, -0.15) is 0 Å². The smallest absolute Gasteiger partial charge is 0.129 e. The summed E-state index contributed by atoms with van der Waals surface area (Å²) in [5.41, 5.74) is 0.987. The van der Waals surface area contributed by atoms with Crippen LogP contribution in [0.5, 0.6) is 0 Å². The van der Waals surface area contributed by atoms with Gasteiger partial charge in [-0.05, 0) is 30.8 Å². The van der Waals surface area contributed by atoms with Crippen LogP contribution in [-0.2, 0) is 24.5 Å². The van der Waals surface area contributed by atoms with Crippen LogP contribution in [0.25, 0.3) is 0 Å². The zero-order valence-electron chi connectivity index (χ0n) is 10.3. The van der Waals surface area contributed by atoms with Gasteiger partial charge in [0, 0.05) is 5.02 Å². The molecular weight excluding hydrogens is 250 g/mol. The number of rotatable bonds is 6. The molecule has 0 amide bonds. The van der Waals surface area contributed by atoms with Crippen molar-refractivity contribution in [3.63, 3.8) is 0 Å². The van der Waals surface area contributed by atoms with Crippen molar-refractivity contribution < 1.29 is 9.15 Å². The molecule has 0 radical (unpaired) electrons. The Morgan fingerprint density at radius 1 is 1.11 bits per heavy atom. The molecule has 0 saturated carbocycles. The SMILES string of the molecule is CNCc1ccc(COCc2ccccc2Cl)o1. The minimum Gasteiger partial charge on any atom is -0.462 e. The highest BCUT2D eigenvalue weighted by Gasteiger charge is 2.03. The van der Waals surface area contributed by atoms with E-state index < -0.39 is 0 Å². The van der Waals surface area contributed by atoms with Gasteiger partial charge in [0.15, 0.2) is 0 Å². The molecule has 1 heterocycles. The molecule has 0 bridgehead atoms. The Morgan fingerprint density at radius 3 is 2.67 bits per heavy atom. The molecule has 2 aromatic rings. The minimum absolute atomic E-state index is 0.453. The predicted molar refractivity (Wildman–Crippen MR) is 71.4 cm³/mol. The number of halogens is 1. The Kier molecular flexibility index (Phi) is 4.81. The zero-order valence-corrected chi connectivity index (χ0v) is 11.0. The van der Waals surface area contributed by atoms with Gasteiger partial charge >= 0.3 is 0 Å². The predicted octanol–water partition coefficient (Wildman–Crippen LogP) is 3.37. The highest BCUT2D eigenvalue weighted by molar-refractivity contribution is 6.31. The van der Waals surface area contributed by atoms with Crippen molar-refractivity contribution in [3.8, 4) is 0 Å². The molecule has 0 fully saturated rings. The van der Waals surface area contributed by atoms with Crippen LogP contribution < -0.4 is 5.32 Å². The van der Waals surface area contributed by atoms with Gasteiger partial charge in [0.05, 0.1) is 13.2 Å². The summed E-state index contributed by atoms with van der Waals surface area (Å²) in [5, 5.41) is 3.76. The number of benzene rings is 1. The van der Waals surface area contributed by atoms with E-state index in [1.807, 2.05) is 43.4 Å². The molecule has 2 rings (SSSR count). The molecule has 4 heteroatoms. The third kappa shape index (κ3) is 3.60. The molecule has 0 unspecified atom stereocenters. The quantitative estimate of drug-likeness (QED) is 0.870. The molecule has 0 aliphatic carbocycles. The zero-order chi connectivity index (χ0) is 12.8. The van der Waals surface area contributed by atoms with Crippen LogP contribution in [0, 0.1) is 0 Å². The van der Waals surface area contributed by atoms with Crippen LogP contribution in [0.2, 0.25) is 5.02 Å². The number of hydrogen-bond acceptors (Lipinski definition) is 3. The lowest BCUT2D eigenvalue weighted by molar-refractivity contribution is 0.0920. The Balaban J connectivity index is 1.83. The van der Waals surface area contributed by atoms with Gasteiger partial charge in [0.1, 0.15) is 18.1 Å². The normalized spacial score (nSPS) is 10.8. The summed E-state index contributed by atoms with van der Waals surface area (Å²) in [6.45, 7) is 1.67. The van der Waals surface area contributed by atoms with E-state index in [0.29, 0.717) is 13.2 Å². The van der Waals surface area contributed by atoms with Gasteiger partial charge < -0.3 is 14.5 Å². The van der Waals surface area contributed by atoms with Crippen molar-refractivity contribution >= 4 is 11.6 Å². The van der Waals surface area contributed by atoms with Gasteiger partial charge in [-0.15, -0.1) is 0 Å². The molecule has 1 N–H and O–H groups in total. The van der Waals surface area contributed by atoms with Gasteiger partial charge in [-0.1, -0.05) is 29.8 Å². The lowest BCUT2D eigenvalue weighted by atomic mass is 10.2. The second-order valence-corrected chi connectivity index (χ2v) is 4.39. The Bertz CT molecular complexity index is 496. The molecule has 1 aromatic heterocycles. The van der Waals surface area contributed by atoms with Crippen molar-refractivity contribution in [2.45, 2.75) is 19.8 Å². The largest absolute Gasteiger partial charge is 0.462 e. The summed E-state index contributed by atoms with van der Waals surface area (Å²) in [6, 6.07) is 11.5. The maximum atomic E-state index is 6.04. The molecule has 0 spiro atoms. The lowest BCUT2D eigenvalue weighted by Gasteiger charge is -2.04. The van der Waals surface area contributed by atoms with E-state index in [0.717, 1.165) is 28.7 Å². The van der Waals surface area contributed by atoms with E-state index in [1.54, 1.807) is 0 Å². The first-order valence-electron chi connectivity index (χ1n) is 5.83. The lowest BCUT2D eigenvalue weighted by Crippen LogP contribution is -2.03. The molecule has 0 aliphatic rings. The molecule has 0 aliphatic heterocycles. The third-order valence-corrected chi connectivity index (χ3v) is 2.90. The van der Waals surface area contributed by atoms with Crippen LogP contribution in [0.3, 0.4) is 0 Å². The van der Waals surface area contributed by atoms with Crippen molar-refractivity contribution in [3.05, 3.63) is 58.5 Å². The van der Waals surface area contributed by atoms with Crippen LogP contribution in [-0.4, -0.2) is 7.05 Å². The first-order valence-corrected chi connectivity index (χ1v) is 6.20. The molecule has 18 heavy (non-hydrogen) atoms. The Labute approximate surface area is 112 Å². The van der Waals surface area contributed by atoms with E-state index in [4.69, 9.17) is 20.8 Å². The van der Waals surface area contributed by atoms with Crippen molar-refractivity contribution in [2.75, 3.05) is 7.05 Å². The molecule has 1 aromatic carbocycles. The molecule has 0 atom stereocenters. The average Bonchev–Trinajstić information content (AvgIpc) is 2.80. The summed E-state index contributed by atoms with van der Waals surface area (Å²) in [4.78, 5) is 0. The third-order valence-electron chi connectivity index (χ3n) is 2.53. The standard InChI is InChI=1S/C14H16ClNO2/c1-16-8-12-6-7-13(18-12)10-17-9-11-4-2-3-5-14(11)15/h2-7,16H,8-10H2,1H3. The maximum absolute atomic E-state index is 6.04. The van der Waals surface area contributed by atoms with Gasteiger partial charge in [0.25, 0.3) is 0 Å². The van der Waals surface area contributed by atoms with E-state index in [-0.39, 0.29) is 0 Å². The van der Waals surface area contributed by atoms with Crippen molar-refractivity contribution in [2.24, 2.45) is 0 Å². The van der Waals surface area contributed by atoms with E-state index in [9.17, 15) is 0 Å². The first kappa shape index (κ1) is 13.1. The second kappa shape index (κ2) is 6.59. The van der Waals surface area contributed by atoms with Gasteiger partial charge in [-0.25, -0.2) is 0 Å². The first-order chi connectivity index (χ1) is 8.79. The van der Waals surface area contributed by atoms with Crippen LogP contribution in [0.1, 0.15) is 17.1 Å². The number of nitrogens with one attached hydrogen (secondary N) is 1. The molecule has 96 valence electrons. The minimum atomic E-state index is 0.453. The van der Waals surface area contributed by atoms with E-state index in [2.05, 4.69) is 5.32 Å². The molecular formula is C14H16ClNO2. The Morgan fingerprint density at radius 2 is 1.89 bits per heavy atom. The Hall–Kier alpha value is -1.29. The van der Waals surface area contributed by atoms with E-state index in [1.165, 1.54) is 0 Å². The topological polar surface area (TPSA) is 34.4 Å². The molecule has 0 saturated heterocycles. The van der Waals surface area contributed by atoms with Gasteiger partial charge in [0.2, 0.25) is 0 Å². The summed E-state index contributed by atoms with van der Waals surface area (Å²) in [5.74, 6) is 1.74. The average molecular weight is 266 g/mol. The maximum Gasteiger partial charge on any atom is 0.129 e. The van der Waals surface area contributed by atoms with Crippen LogP contribution in [0.15, 0.2) is 40.8 Å². The number of ether oxygens (including phenoxy) is 1. The summed E-state index contributed by atoms with van der Waals surface area (Å²) in [7, 11) is 1.89. The summed E-state index contributed by atoms with van der Waals surface area (Å²) >= 11 is 6.04. The molecule has 3 nitrogen and oxygen atoms in total. The fourth-order valence-electron chi connectivity index (χ4n) is 1.65. The second-order valence-electron chi connectivity index (χ2n) is 3.98. The number of hydrogen-bond donors (Lipinski definition) is 1.